The number of hydrogen-bond donors (Lipinski definition) is 0. The van der Waals surface area contributed by atoms with E-state index in [4.69, 9.17) is 9.26 Å². The molecule has 0 spiro atoms. The number of hydrogen-bond acceptors (Lipinski definition) is 5. The third-order valence-electron chi connectivity index (χ3n) is 4.74. The second-order valence-corrected chi connectivity index (χ2v) is 6.77. The second-order valence-electron chi connectivity index (χ2n) is 6.77. The number of likely N-dealkylation sites (tertiary alicyclic amines) is 1. The first kappa shape index (κ1) is 17.7. The Morgan fingerprint density at radius 1 is 1.40 bits per heavy atom. The van der Waals surface area contributed by atoms with E-state index < -0.39 is 0 Å². The molecule has 0 bridgehead atoms. The fourth-order valence-electron chi connectivity index (χ4n) is 3.48. The smallest absolute Gasteiger partial charge is 0.257 e. The predicted octanol–water partition coefficient (Wildman–Crippen LogP) is 2.23. The van der Waals surface area contributed by atoms with Crippen molar-refractivity contribution in [3.63, 3.8) is 0 Å². The van der Waals surface area contributed by atoms with Crippen molar-refractivity contribution in [2.45, 2.75) is 46.3 Å². The molecule has 0 aliphatic carbocycles. The van der Waals surface area contributed by atoms with Gasteiger partial charge in [0.25, 0.3) is 5.91 Å². The maximum atomic E-state index is 12.9. The molecule has 0 N–H and O–H groups in total. The first-order valence-electron chi connectivity index (χ1n) is 8.80. The van der Waals surface area contributed by atoms with E-state index in [1.54, 1.807) is 7.11 Å². The van der Waals surface area contributed by atoms with E-state index in [1.165, 1.54) is 0 Å². The van der Waals surface area contributed by atoms with Gasteiger partial charge >= 0.3 is 0 Å². The van der Waals surface area contributed by atoms with Crippen LogP contribution in [0.1, 0.15) is 40.9 Å². The highest BCUT2D eigenvalue weighted by Crippen LogP contribution is 2.26. The van der Waals surface area contributed by atoms with Crippen LogP contribution >= 0.6 is 0 Å². The Morgan fingerprint density at radius 2 is 2.20 bits per heavy atom. The van der Waals surface area contributed by atoms with Gasteiger partial charge in [0.05, 0.1) is 23.1 Å². The molecular weight excluding hydrogens is 320 g/mol. The van der Waals surface area contributed by atoms with Gasteiger partial charge in [-0.3, -0.25) is 9.48 Å². The van der Waals surface area contributed by atoms with Crippen molar-refractivity contribution in [2.24, 2.45) is 5.92 Å². The summed E-state index contributed by atoms with van der Waals surface area (Å²) in [5.74, 6) is 1.07. The molecule has 1 saturated heterocycles. The molecule has 1 amide bonds. The maximum Gasteiger partial charge on any atom is 0.257 e. The van der Waals surface area contributed by atoms with Gasteiger partial charge in [0, 0.05) is 51.3 Å². The topological polar surface area (TPSA) is 73.4 Å². The molecule has 7 nitrogen and oxygen atoms in total. The van der Waals surface area contributed by atoms with Crippen LogP contribution in [0.15, 0.2) is 16.8 Å². The first-order chi connectivity index (χ1) is 12.0. The quantitative estimate of drug-likeness (QED) is 0.802. The van der Waals surface area contributed by atoms with E-state index in [0.29, 0.717) is 18.7 Å². The van der Waals surface area contributed by atoms with Crippen LogP contribution in [0.25, 0.3) is 0 Å². The van der Waals surface area contributed by atoms with Gasteiger partial charge in [-0.25, -0.2) is 0 Å². The second kappa shape index (κ2) is 7.39. The first-order valence-corrected chi connectivity index (χ1v) is 8.80. The zero-order valence-electron chi connectivity index (χ0n) is 15.4. The fourth-order valence-corrected chi connectivity index (χ4v) is 3.48. The summed E-state index contributed by atoms with van der Waals surface area (Å²) in [5.41, 5.74) is 2.33. The molecule has 1 fully saturated rings. The molecule has 25 heavy (non-hydrogen) atoms. The molecule has 1 aliphatic heterocycles. The number of amides is 1. The number of aromatic nitrogens is 3. The summed E-state index contributed by atoms with van der Waals surface area (Å²) in [6, 6.07) is 1.94. The normalized spacial score (nSPS) is 20.4. The Hall–Kier alpha value is -2.15. The summed E-state index contributed by atoms with van der Waals surface area (Å²) >= 11 is 0. The minimum Gasteiger partial charge on any atom is -0.379 e. The lowest BCUT2D eigenvalue weighted by Crippen LogP contribution is -2.30. The number of ether oxygens (including phenoxy) is 1. The lowest BCUT2D eigenvalue weighted by atomic mass is 10.0. The van der Waals surface area contributed by atoms with Crippen molar-refractivity contribution < 1.29 is 14.1 Å². The Bertz CT molecular complexity index is 737. The predicted molar refractivity (Wildman–Crippen MR) is 92.4 cm³/mol. The minimum atomic E-state index is 0.000323. The molecule has 0 radical (unpaired) electrons. The number of aryl methyl sites for hydroxylation is 3. The fraction of sp³-hybridized carbons (Fsp3) is 0.611. The van der Waals surface area contributed by atoms with Crippen LogP contribution in [0.3, 0.4) is 0 Å². The van der Waals surface area contributed by atoms with Crippen LogP contribution in [0.5, 0.6) is 0 Å². The molecule has 1 aliphatic rings. The van der Waals surface area contributed by atoms with Crippen LogP contribution in [0.2, 0.25) is 0 Å². The van der Waals surface area contributed by atoms with Crippen molar-refractivity contribution in [3.8, 4) is 0 Å². The summed E-state index contributed by atoms with van der Waals surface area (Å²) in [4.78, 5) is 14.8. The van der Waals surface area contributed by atoms with E-state index in [-0.39, 0.29) is 17.9 Å². The van der Waals surface area contributed by atoms with Gasteiger partial charge in [-0.2, -0.15) is 5.10 Å². The van der Waals surface area contributed by atoms with Gasteiger partial charge in [0.15, 0.2) is 0 Å². The van der Waals surface area contributed by atoms with Crippen LogP contribution in [-0.2, 0) is 17.7 Å². The standard InChI is InChI=1S/C18H26N4O3/c1-5-6-22-10-16(13(3)19-22)18(23)21-9-14(17(11-21)24-4)8-15-7-12(2)20-25-15/h7,10,14,17H,5-6,8-9,11H2,1-4H3/t14-,17+/m1/s1. The van der Waals surface area contributed by atoms with E-state index in [2.05, 4.69) is 17.2 Å². The summed E-state index contributed by atoms with van der Waals surface area (Å²) in [6.45, 7) is 7.95. The van der Waals surface area contributed by atoms with Gasteiger partial charge in [-0.1, -0.05) is 12.1 Å². The number of carbonyl (C=O) groups excluding carboxylic acids is 1. The van der Waals surface area contributed by atoms with Gasteiger partial charge in [0.2, 0.25) is 0 Å². The van der Waals surface area contributed by atoms with E-state index >= 15 is 0 Å². The average Bonchev–Trinajstić information content (AvgIpc) is 3.27. The highest BCUT2D eigenvalue weighted by molar-refractivity contribution is 5.95. The Balaban J connectivity index is 1.71. The monoisotopic (exact) mass is 346 g/mol. The number of rotatable bonds is 6. The molecule has 3 rings (SSSR count). The molecule has 3 heterocycles. The Kier molecular flexibility index (Phi) is 5.22. The van der Waals surface area contributed by atoms with Gasteiger partial charge in [-0.05, 0) is 20.3 Å². The molecule has 0 unspecified atom stereocenters. The van der Waals surface area contributed by atoms with Gasteiger partial charge < -0.3 is 14.2 Å². The number of carbonyl (C=O) groups is 1. The van der Waals surface area contributed by atoms with Crippen LogP contribution in [-0.4, -0.2) is 52.0 Å². The van der Waals surface area contributed by atoms with Crippen molar-refractivity contribution in [3.05, 3.63) is 35.0 Å². The van der Waals surface area contributed by atoms with Crippen molar-refractivity contribution >= 4 is 5.91 Å². The van der Waals surface area contributed by atoms with E-state index in [0.717, 1.165) is 36.5 Å². The highest BCUT2D eigenvalue weighted by atomic mass is 16.5. The van der Waals surface area contributed by atoms with Crippen LogP contribution in [0.4, 0.5) is 0 Å². The molecule has 2 aromatic heterocycles. The van der Waals surface area contributed by atoms with Crippen LogP contribution in [0, 0.1) is 19.8 Å². The summed E-state index contributed by atoms with van der Waals surface area (Å²) in [7, 11) is 1.70. The molecule has 0 aromatic carbocycles. The molecule has 0 saturated carbocycles. The number of nitrogens with zero attached hydrogens (tertiary/aromatic N) is 4. The van der Waals surface area contributed by atoms with Gasteiger partial charge in [0.1, 0.15) is 5.76 Å². The van der Waals surface area contributed by atoms with Crippen molar-refractivity contribution in [2.75, 3.05) is 20.2 Å². The molecule has 136 valence electrons. The lowest BCUT2D eigenvalue weighted by Gasteiger charge is -2.15. The van der Waals surface area contributed by atoms with E-state index in [9.17, 15) is 4.79 Å². The molecule has 7 heteroatoms. The van der Waals surface area contributed by atoms with Crippen LogP contribution < -0.4 is 0 Å². The SMILES string of the molecule is CCCn1cc(C(=O)N2C[C@@H](Cc3cc(C)no3)[C@@H](OC)C2)c(C)n1. The average molecular weight is 346 g/mol. The third kappa shape index (κ3) is 3.76. The maximum absolute atomic E-state index is 12.9. The highest BCUT2D eigenvalue weighted by Gasteiger charge is 2.37. The lowest BCUT2D eigenvalue weighted by molar-refractivity contribution is 0.0672. The Labute approximate surface area is 147 Å². The molecule has 2 aromatic rings. The minimum absolute atomic E-state index is 0.000323. The summed E-state index contributed by atoms with van der Waals surface area (Å²) < 4.78 is 12.8. The van der Waals surface area contributed by atoms with E-state index in [1.807, 2.05) is 35.7 Å². The zero-order chi connectivity index (χ0) is 18.0. The summed E-state index contributed by atoms with van der Waals surface area (Å²) in [6.07, 6.45) is 3.57. The third-order valence-corrected chi connectivity index (χ3v) is 4.74. The van der Waals surface area contributed by atoms with Crippen molar-refractivity contribution in [1.82, 2.24) is 19.8 Å². The Morgan fingerprint density at radius 3 is 2.84 bits per heavy atom. The summed E-state index contributed by atoms with van der Waals surface area (Å²) in [5, 5.41) is 8.37. The van der Waals surface area contributed by atoms with Crippen molar-refractivity contribution in [1.29, 1.82) is 0 Å². The molecule has 2 atom stereocenters. The largest absolute Gasteiger partial charge is 0.379 e. The number of methoxy groups -OCH3 is 1. The molecular formula is C18H26N4O3. The zero-order valence-corrected chi connectivity index (χ0v) is 15.4. The van der Waals surface area contributed by atoms with Gasteiger partial charge in [-0.15, -0.1) is 0 Å².